The van der Waals surface area contributed by atoms with Crippen molar-refractivity contribution in [3.8, 4) is 0 Å². The fourth-order valence-corrected chi connectivity index (χ4v) is 7.89. The Morgan fingerprint density at radius 1 is 0.441 bits per heavy atom. The molecule has 0 saturated carbocycles. The lowest BCUT2D eigenvalue weighted by molar-refractivity contribution is -0.870. The van der Waals surface area contributed by atoms with E-state index < -0.39 is 24.3 Å². The van der Waals surface area contributed by atoms with Gasteiger partial charge in [0, 0.05) is 12.8 Å². The third-order valence-corrected chi connectivity index (χ3v) is 12.3. The number of unbranched alkanes of at least 4 members (excludes halogenated alkanes) is 29. The minimum absolute atomic E-state index is 0.146. The van der Waals surface area contributed by atoms with Gasteiger partial charge in [0.25, 0.3) is 0 Å². The second-order valence-electron chi connectivity index (χ2n) is 20.2. The maximum atomic E-state index is 12.8. The monoisotopic (exact) mass is 958 g/mol. The molecule has 2 unspecified atom stereocenters. The largest absolute Gasteiger partial charge is 0.545 e. The molecule has 68 heavy (non-hydrogen) atoms. The van der Waals surface area contributed by atoms with Crippen LogP contribution in [0.1, 0.15) is 251 Å². The number of ether oxygens (including phenoxy) is 4. The van der Waals surface area contributed by atoms with Gasteiger partial charge in [-0.3, -0.25) is 9.59 Å². The lowest BCUT2D eigenvalue weighted by Gasteiger charge is -2.26. The number of esters is 2. The van der Waals surface area contributed by atoms with Gasteiger partial charge >= 0.3 is 11.9 Å². The first-order chi connectivity index (χ1) is 33.1. The van der Waals surface area contributed by atoms with Gasteiger partial charge < -0.3 is 33.3 Å². The molecular formula is C59H107NO8. The van der Waals surface area contributed by atoms with E-state index in [4.69, 9.17) is 18.9 Å². The van der Waals surface area contributed by atoms with E-state index in [1.165, 1.54) is 148 Å². The average molecular weight is 959 g/mol. The number of nitrogens with zero attached hydrogens (tertiary/aromatic N) is 1. The Kier molecular flexibility index (Phi) is 48.6. The van der Waals surface area contributed by atoms with Gasteiger partial charge in [-0.25, -0.2) is 0 Å². The van der Waals surface area contributed by atoms with Crippen molar-refractivity contribution in [3.05, 3.63) is 48.6 Å². The van der Waals surface area contributed by atoms with Crippen molar-refractivity contribution in [1.29, 1.82) is 0 Å². The van der Waals surface area contributed by atoms with Crippen molar-refractivity contribution >= 4 is 17.9 Å². The first-order valence-electron chi connectivity index (χ1n) is 28.3. The number of carboxylic acid groups (broad SMARTS) is 1. The average Bonchev–Trinajstić information content (AvgIpc) is 3.30. The number of likely N-dealkylation sites (N-methyl/N-ethyl adjacent to an activating group) is 1. The van der Waals surface area contributed by atoms with Crippen LogP contribution in [0.25, 0.3) is 0 Å². The molecule has 0 aliphatic heterocycles. The Bertz CT molecular complexity index is 1250. The van der Waals surface area contributed by atoms with Crippen LogP contribution in [0.5, 0.6) is 0 Å². The predicted molar refractivity (Wildman–Crippen MR) is 283 cm³/mol. The van der Waals surface area contributed by atoms with Gasteiger partial charge in [0.1, 0.15) is 13.2 Å². The van der Waals surface area contributed by atoms with Crippen LogP contribution in [0.3, 0.4) is 0 Å². The third-order valence-electron chi connectivity index (χ3n) is 12.3. The number of allylic oxidation sites excluding steroid dienone is 8. The Hall–Kier alpha value is -2.75. The summed E-state index contributed by atoms with van der Waals surface area (Å²) in [6.45, 7) is 4.74. The summed E-state index contributed by atoms with van der Waals surface area (Å²) in [6.07, 6.45) is 58.7. The molecule has 396 valence electrons. The summed E-state index contributed by atoms with van der Waals surface area (Å²) in [5.74, 6) is -2.29. The smallest absolute Gasteiger partial charge is 0.306 e. The molecule has 0 bridgehead atoms. The summed E-state index contributed by atoms with van der Waals surface area (Å²) < 4.78 is 22.7. The summed E-state index contributed by atoms with van der Waals surface area (Å²) >= 11 is 0. The lowest BCUT2D eigenvalue weighted by Crippen LogP contribution is -2.44. The van der Waals surface area contributed by atoms with E-state index in [-0.39, 0.29) is 38.6 Å². The molecule has 0 radical (unpaired) electrons. The van der Waals surface area contributed by atoms with E-state index in [9.17, 15) is 19.5 Å². The van der Waals surface area contributed by atoms with Crippen LogP contribution in [0.15, 0.2) is 48.6 Å². The zero-order valence-electron chi connectivity index (χ0n) is 45.0. The maximum absolute atomic E-state index is 12.8. The van der Waals surface area contributed by atoms with Gasteiger partial charge in [-0.15, -0.1) is 0 Å². The van der Waals surface area contributed by atoms with Crippen molar-refractivity contribution in [2.75, 3.05) is 47.5 Å². The highest BCUT2D eigenvalue weighted by Crippen LogP contribution is 2.15. The van der Waals surface area contributed by atoms with Crippen LogP contribution in [0.4, 0.5) is 0 Å². The lowest BCUT2D eigenvalue weighted by atomic mass is 10.0. The van der Waals surface area contributed by atoms with Crippen LogP contribution in [0.2, 0.25) is 0 Å². The number of rotatable bonds is 52. The second kappa shape index (κ2) is 50.6. The number of carbonyl (C=O) groups excluding carboxylic acids is 3. The second-order valence-corrected chi connectivity index (χ2v) is 20.2. The van der Waals surface area contributed by atoms with Gasteiger partial charge in [0.2, 0.25) is 0 Å². The van der Waals surface area contributed by atoms with Crippen molar-refractivity contribution < 1.29 is 42.9 Å². The van der Waals surface area contributed by atoms with Gasteiger partial charge in [-0.1, -0.05) is 210 Å². The summed E-state index contributed by atoms with van der Waals surface area (Å²) in [6, 6.07) is 0. The molecule has 9 heteroatoms. The molecule has 9 nitrogen and oxygen atoms in total. The SMILES string of the molecule is CCCCCCC/C=C\C/C=C\C/C=C\CCCCCCCCCCCCCCC(=O)OC(COC(=O)CCCCCCC/C=C\CCCCCCCCC)COC(OCC[N+](C)(C)C)C(=O)[O-]. The minimum atomic E-state index is -1.62. The summed E-state index contributed by atoms with van der Waals surface area (Å²) in [7, 11) is 5.92. The number of quaternary nitrogens is 1. The van der Waals surface area contributed by atoms with Gasteiger partial charge in [0.05, 0.1) is 40.3 Å². The maximum Gasteiger partial charge on any atom is 0.306 e. The molecule has 0 rings (SSSR count). The van der Waals surface area contributed by atoms with Crippen LogP contribution in [-0.2, 0) is 33.3 Å². The topological polar surface area (TPSA) is 111 Å². The standard InChI is InChI=1S/C59H107NO8/c1-6-8-10-12-14-16-18-20-22-24-25-26-27-28-29-30-31-32-33-34-36-38-40-42-44-46-48-50-57(62)68-55(54-67-59(58(63)64)65-52-51-60(3,4)5)53-66-56(61)49-47-45-43-41-39-37-35-23-21-19-17-15-13-11-9-7-2/h18,20,23-25,27-28,35,55,59H,6-17,19,21-22,26,29-34,36-54H2,1-5H3/b20-18-,25-24-,28-27-,35-23-. The first-order valence-corrected chi connectivity index (χ1v) is 28.3. The fourth-order valence-electron chi connectivity index (χ4n) is 7.89. The van der Waals surface area contributed by atoms with E-state index in [2.05, 4.69) is 62.5 Å². The van der Waals surface area contributed by atoms with E-state index in [1.807, 2.05) is 21.1 Å². The quantitative estimate of drug-likeness (QED) is 0.0195. The minimum Gasteiger partial charge on any atom is -0.545 e. The van der Waals surface area contributed by atoms with Crippen molar-refractivity contribution in [2.45, 2.75) is 264 Å². The van der Waals surface area contributed by atoms with Gasteiger partial charge in [-0.05, 0) is 77.0 Å². The van der Waals surface area contributed by atoms with Crippen LogP contribution in [0, 0.1) is 0 Å². The first kappa shape index (κ1) is 65.2. The summed E-state index contributed by atoms with van der Waals surface area (Å²) in [5, 5.41) is 11.8. The highest BCUT2D eigenvalue weighted by atomic mass is 16.7. The molecule has 0 saturated heterocycles. The van der Waals surface area contributed by atoms with Crippen LogP contribution < -0.4 is 5.11 Å². The van der Waals surface area contributed by atoms with E-state index in [1.54, 1.807) is 0 Å². The zero-order valence-corrected chi connectivity index (χ0v) is 45.0. The fraction of sp³-hybridized carbons (Fsp3) is 0.814. The molecule has 0 N–H and O–H groups in total. The van der Waals surface area contributed by atoms with Crippen molar-refractivity contribution in [3.63, 3.8) is 0 Å². The van der Waals surface area contributed by atoms with Crippen LogP contribution >= 0.6 is 0 Å². The van der Waals surface area contributed by atoms with Crippen LogP contribution in [-0.4, -0.2) is 82.3 Å². The summed E-state index contributed by atoms with van der Waals surface area (Å²) in [5.41, 5.74) is 0. The Labute approximate surface area is 419 Å². The van der Waals surface area contributed by atoms with Gasteiger partial charge in [-0.2, -0.15) is 0 Å². The molecular weight excluding hydrogens is 851 g/mol. The van der Waals surface area contributed by atoms with Crippen molar-refractivity contribution in [1.82, 2.24) is 0 Å². The number of carbonyl (C=O) groups is 3. The highest BCUT2D eigenvalue weighted by molar-refractivity contribution is 5.70. The molecule has 0 aliphatic carbocycles. The number of hydrogen-bond donors (Lipinski definition) is 0. The Morgan fingerprint density at radius 2 is 0.794 bits per heavy atom. The van der Waals surface area contributed by atoms with E-state index >= 15 is 0 Å². The van der Waals surface area contributed by atoms with Gasteiger partial charge in [0.15, 0.2) is 12.4 Å². The molecule has 0 aromatic carbocycles. The molecule has 0 amide bonds. The number of hydrogen-bond acceptors (Lipinski definition) is 8. The molecule has 0 spiro atoms. The molecule has 2 atom stereocenters. The molecule has 0 aromatic rings. The molecule has 0 fully saturated rings. The Morgan fingerprint density at radius 3 is 1.19 bits per heavy atom. The highest BCUT2D eigenvalue weighted by Gasteiger charge is 2.22. The van der Waals surface area contributed by atoms with E-state index in [0.717, 1.165) is 70.6 Å². The third kappa shape index (κ3) is 51.1. The molecule has 0 heterocycles. The Balaban J connectivity index is 4.24. The number of carboxylic acids is 1. The zero-order chi connectivity index (χ0) is 49.9. The number of aliphatic carboxylic acids is 1. The normalized spacial score (nSPS) is 13.1. The summed E-state index contributed by atoms with van der Waals surface area (Å²) in [4.78, 5) is 37.2. The van der Waals surface area contributed by atoms with Crippen molar-refractivity contribution in [2.24, 2.45) is 0 Å². The molecule has 0 aliphatic rings. The van der Waals surface area contributed by atoms with E-state index in [0.29, 0.717) is 17.4 Å². The molecule has 0 aromatic heterocycles. The predicted octanol–water partition coefficient (Wildman–Crippen LogP) is 15.0.